The first kappa shape index (κ1) is 20.0. The number of aliphatic hydroxyl groups excluding tert-OH is 1. The van der Waals surface area contributed by atoms with Crippen molar-refractivity contribution in [2.24, 2.45) is 46.3 Å². The van der Waals surface area contributed by atoms with Gasteiger partial charge in [0.05, 0.1) is 18.8 Å². The zero-order valence-corrected chi connectivity index (χ0v) is 19.1. The summed E-state index contributed by atoms with van der Waals surface area (Å²) in [4.78, 5) is 0. The van der Waals surface area contributed by atoms with E-state index in [1.165, 1.54) is 31.3 Å². The third-order valence-corrected chi connectivity index (χ3v) is 11.0. The third kappa shape index (κ3) is 2.38. The number of fused-ring (bicyclic) bond motifs is 7. The lowest BCUT2D eigenvalue weighted by atomic mass is 9.46. The van der Waals surface area contributed by atoms with Gasteiger partial charge in [0.1, 0.15) is 0 Å². The Hall–Kier alpha value is -0.640. The van der Waals surface area contributed by atoms with Crippen LogP contribution in [0.15, 0.2) is 24.3 Å². The molecule has 3 saturated carbocycles. The van der Waals surface area contributed by atoms with Crippen LogP contribution in [-0.2, 0) is 9.47 Å². The number of rotatable bonds is 1. The molecule has 0 radical (unpaired) electrons. The Morgan fingerprint density at radius 1 is 1.20 bits per heavy atom. The molecular formula is C27H40O3. The molecule has 0 aromatic rings. The van der Waals surface area contributed by atoms with Crippen molar-refractivity contribution in [2.75, 3.05) is 6.61 Å². The van der Waals surface area contributed by atoms with E-state index in [-0.39, 0.29) is 17.3 Å². The fourth-order valence-electron chi connectivity index (χ4n) is 9.69. The Morgan fingerprint density at radius 2 is 2.03 bits per heavy atom. The monoisotopic (exact) mass is 412 g/mol. The fourth-order valence-corrected chi connectivity index (χ4v) is 9.69. The first-order valence-electron chi connectivity index (χ1n) is 12.7. The van der Waals surface area contributed by atoms with E-state index in [9.17, 15) is 5.11 Å². The van der Waals surface area contributed by atoms with Crippen LogP contribution in [0.25, 0.3) is 0 Å². The third-order valence-electron chi connectivity index (χ3n) is 11.0. The molecular weight excluding hydrogens is 372 g/mol. The van der Waals surface area contributed by atoms with Crippen LogP contribution < -0.4 is 0 Å². The second-order valence-electron chi connectivity index (χ2n) is 12.2. The molecule has 0 bridgehead atoms. The molecule has 0 amide bonds. The summed E-state index contributed by atoms with van der Waals surface area (Å²) in [5.41, 5.74) is 2.00. The molecule has 5 fully saturated rings. The van der Waals surface area contributed by atoms with Gasteiger partial charge in [-0.1, -0.05) is 38.5 Å². The summed E-state index contributed by atoms with van der Waals surface area (Å²) in [6.07, 6.45) is 14.0. The Balaban J connectivity index is 1.32. The van der Waals surface area contributed by atoms with Crippen LogP contribution in [0.5, 0.6) is 0 Å². The molecule has 30 heavy (non-hydrogen) atoms. The van der Waals surface area contributed by atoms with Crippen molar-refractivity contribution >= 4 is 0 Å². The maximum absolute atomic E-state index is 10.3. The number of ether oxygens (including phenoxy) is 2. The molecule has 2 heterocycles. The van der Waals surface area contributed by atoms with Gasteiger partial charge in [-0.05, 0) is 80.0 Å². The van der Waals surface area contributed by atoms with E-state index in [1.54, 1.807) is 0 Å². The van der Waals surface area contributed by atoms with Gasteiger partial charge in [0.25, 0.3) is 0 Å². The molecule has 11 atom stereocenters. The van der Waals surface area contributed by atoms with Crippen LogP contribution in [-0.4, -0.2) is 29.7 Å². The maximum Gasteiger partial charge on any atom is 0.171 e. The van der Waals surface area contributed by atoms with Gasteiger partial charge in [-0.25, -0.2) is 0 Å². The van der Waals surface area contributed by atoms with Crippen LogP contribution in [0, 0.1) is 46.3 Å². The van der Waals surface area contributed by atoms with Gasteiger partial charge >= 0.3 is 0 Å². The summed E-state index contributed by atoms with van der Waals surface area (Å²) in [6, 6.07) is 0. The van der Waals surface area contributed by atoms with E-state index >= 15 is 0 Å². The lowest BCUT2D eigenvalue weighted by Crippen LogP contribution is -2.52. The first-order chi connectivity index (χ1) is 14.3. The lowest BCUT2D eigenvalue weighted by molar-refractivity contribution is -0.220. The number of allylic oxidation sites excluding steroid dienone is 2. The quantitative estimate of drug-likeness (QED) is 0.579. The van der Waals surface area contributed by atoms with E-state index in [1.807, 2.05) is 0 Å². The second kappa shape index (κ2) is 6.45. The highest BCUT2D eigenvalue weighted by molar-refractivity contribution is 5.31. The lowest BCUT2D eigenvalue weighted by Gasteiger charge is -2.58. The van der Waals surface area contributed by atoms with Crippen molar-refractivity contribution in [1.82, 2.24) is 0 Å². The normalized spacial score (nSPS) is 59.3. The maximum atomic E-state index is 10.3. The largest absolute Gasteiger partial charge is 0.393 e. The fraction of sp³-hybridized carbons (Fsp3) is 0.852. The summed E-state index contributed by atoms with van der Waals surface area (Å²) in [5.74, 6) is 3.61. The second-order valence-corrected chi connectivity index (χ2v) is 12.2. The van der Waals surface area contributed by atoms with E-state index in [4.69, 9.17) is 9.47 Å². The van der Waals surface area contributed by atoms with Gasteiger partial charge in [0.15, 0.2) is 5.79 Å². The van der Waals surface area contributed by atoms with Crippen LogP contribution in [0.3, 0.4) is 0 Å². The van der Waals surface area contributed by atoms with Gasteiger partial charge in [0.2, 0.25) is 0 Å². The molecule has 4 aliphatic carbocycles. The predicted octanol–water partition coefficient (Wildman–Crippen LogP) is 5.49. The van der Waals surface area contributed by atoms with Crippen molar-refractivity contribution in [3.8, 4) is 0 Å². The molecule has 0 aromatic carbocycles. The Morgan fingerprint density at radius 3 is 2.77 bits per heavy atom. The van der Waals surface area contributed by atoms with E-state index in [0.29, 0.717) is 35.2 Å². The molecule has 0 aromatic heterocycles. The molecule has 3 heteroatoms. The summed E-state index contributed by atoms with van der Waals surface area (Å²) in [7, 11) is 0. The molecule has 1 N–H and O–H groups in total. The minimum absolute atomic E-state index is 0.138. The summed E-state index contributed by atoms with van der Waals surface area (Å²) >= 11 is 0. The highest BCUT2D eigenvalue weighted by atomic mass is 16.7. The van der Waals surface area contributed by atoms with Crippen molar-refractivity contribution in [3.05, 3.63) is 24.3 Å². The molecule has 6 aliphatic rings. The van der Waals surface area contributed by atoms with Gasteiger partial charge in [0, 0.05) is 17.8 Å². The average Bonchev–Trinajstić information content (AvgIpc) is 3.33. The first-order valence-corrected chi connectivity index (χ1v) is 12.7. The van der Waals surface area contributed by atoms with Gasteiger partial charge in [-0.15, -0.1) is 6.58 Å². The van der Waals surface area contributed by atoms with Crippen molar-refractivity contribution in [3.63, 3.8) is 0 Å². The van der Waals surface area contributed by atoms with Gasteiger partial charge in [-0.2, -0.15) is 0 Å². The van der Waals surface area contributed by atoms with Crippen LogP contribution in [0.2, 0.25) is 0 Å². The average molecular weight is 413 g/mol. The topological polar surface area (TPSA) is 38.7 Å². The van der Waals surface area contributed by atoms with Gasteiger partial charge in [-0.3, -0.25) is 0 Å². The Kier molecular flexibility index (Phi) is 4.30. The van der Waals surface area contributed by atoms with Crippen LogP contribution in [0.4, 0.5) is 0 Å². The minimum Gasteiger partial charge on any atom is -0.393 e. The van der Waals surface area contributed by atoms with Crippen molar-refractivity contribution in [2.45, 2.75) is 90.1 Å². The Labute approximate surface area is 182 Å². The van der Waals surface area contributed by atoms with Crippen molar-refractivity contribution < 1.29 is 14.6 Å². The molecule has 3 nitrogen and oxygen atoms in total. The number of hydrogen-bond acceptors (Lipinski definition) is 3. The highest BCUT2D eigenvalue weighted by Gasteiger charge is 2.69. The van der Waals surface area contributed by atoms with Crippen LogP contribution in [0.1, 0.15) is 72.1 Å². The molecule has 166 valence electrons. The molecule has 2 aliphatic heterocycles. The standard InChI is InChI=1S/C27H40O3/c1-5-26-11-8-19(28)12-18(26)6-7-20-21(26)9-10-25(4)22(20)13-23-24(25)17(3)27(30-23)14-16(2)15-29-27/h5-6,16-17,19-24,28H,1,7-15H2,2-4H3/t16-,17+,19+,20?,21?,22?,23?,24?,25+,26+,27-/m1/s1. The minimum atomic E-state index is -0.305. The van der Waals surface area contributed by atoms with E-state index in [2.05, 4.69) is 39.5 Å². The highest BCUT2D eigenvalue weighted by Crippen LogP contribution is 2.71. The molecule has 1 spiro atoms. The summed E-state index contributed by atoms with van der Waals surface area (Å²) in [5, 5.41) is 10.3. The molecule has 2 saturated heterocycles. The van der Waals surface area contributed by atoms with Crippen molar-refractivity contribution in [1.29, 1.82) is 0 Å². The zero-order valence-electron chi connectivity index (χ0n) is 19.1. The smallest absolute Gasteiger partial charge is 0.171 e. The molecule has 6 rings (SSSR count). The predicted molar refractivity (Wildman–Crippen MR) is 118 cm³/mol. The Bertz CT molecular complexity index is 774. The SMILES string of the molecule is C=C[C@]12CC[C@H](O)CC1=CCC1C3CC4O[C@]5(C[C@@H](C)CO5)[C@@H](C)C4[C@@]3(C)CCC12. The van der Waals surface area contributed by atoms with E-state index in [0.717, 1.165) is 44.1 Å². The zero-order chi connectivity index (χ0) is 20.9. The summed E-state index contributed by atoms with van der Waals surface area (Å²) in [6.45, 7) is 12.5. The van der Waals surface area contributed by atoms with Gasteiger partial charge < -0.3 is 14.6 Å². The van der Waals surface area contributed by atoms with Crippen LogP contribution >= 0.6 is 0 Å². The number of aliphatic hydroxyl groups is 1. The number of hydrogen-bond donors (Lipinski definition) is 1. The molecule has 5 unspecified atom stereocenters. The van der Waals surface area contributed by atoms with E-state index < -0.39 is 0 Å². The summed E-state index contributed by atoms with van der Waals surface area (Å²) < 4.78 is 13.2.